The number of hydrogen-bond acceptors (Lipinski definition) is 1. The zero-order valence-electron chi connectivity index (χ0n) is 13.8. The number of hydrogen-bond donors (Lipinski definition) is 0. The van der Waals surface area contributed by atoms with Gasteiger partial charge in [0.15, 0.2) is 0 Å². The molecule has 3 rings (SSSR count). The normalized spacial score (nSPS) is 24.0. The van der Waals surface area contributed by atoms with Crippen LogP contribution in [-0.2, 0) is 11.3 Å². The summed E-state index contributed by atoms with van der Waals surface area (Å²) in [6.45, 7) is 9.02. The van der Waals surface area contributed by atoms with Gasteiger partial charge in [0.25, 0.3) is 0 Å². The highest BCUT2D eigenvalue weighted by Crippen LogP contribution is 2.51. The molecule has 2 aromatic rings. The van der Waals surface area contributed by atoms with E-state index in [-0.39, 0.29) is 17.4 Å². The van der Waals surface area contributed by atoms with Crippen LogP contribution < -0.4 is 0 Å². The molecule has 2 unspecified atom stereocenters. The van der Waals surface area contributed by atoms with E-state index >= 15 is 0 Å². The van der Waals surface area contributed by atoms with Gasteiger partial charge in [-0.3, -0.25) is 4.79 Å². The molecule has 1 fully saturated rings. The van der Waals surface area contributed by atoms with Gasteiger partial charge in [0.2, 0.25) is 5.91 Å². The van der Waals surface area contributed by atoms with Crippen LogP contribution in [0, 0.1) is 5.41 Å². The lowest BCUT2D eigenvalue weighted by Gasteiger charge is -2.36. The van der Waals surface area contributed by atoms with E-state index in [1.165, 1.54) is 5.56 Å². The lowest BCUT2D eigenvalue weighted by molar-refractivity contribution is -0.129. The van der Waals surface area contributed by atoms with Crippen molar-refractivity contribution in [3.8, 4) is 0 Å². The highest BCUT2D eigenvalue weighted by molar-refractivity contribution is 5.81. The fourth-order valence-electron chi connectivity index (χ4n) is 3.53. The van der Waals surface area contributed by atoms with Crippen LogP contribution in [0.1, 0.15) is 37.4 Å². The standard InChI is InChI=1S/C21H23NO/c1-16(2)21(3)14-19(23)22(15-17-10-6-4-7-11-17)20(21)18-12-8-5-9-13-18/h4-13,20H,1,14-15H2,2-3H3. The molecule has 2 nitrogen and oxygen atoms in total. The third-order valence-corrected chi connectivity index (χ3v) is 5.04. The molecule has 0 radical (unpaired) electrons. The smallest absolute Gasteiger partial charge is 0.224 e. The molecule has 118 valence electrons. The van der Waals surface area contributed by atoms with Crippen molar-refractivity contribution in [3.05, 3.63) is 83.9 Å². The number of likely N-dealkylation sites (tertiary alicyclic amines) is 1. The second-order valence-electron chi connectivity index (χ2n) is 6.70. The molecule has 0 N–H and O–H groups in total. The van der Waals surface area contributed by atoms with E-state index in [0.717, 1.165) is 11.1 Å². The molecule has 0 aliphatic carbocycles. The summed E-state index contributed by atoms with van der Waals surface area (Å²) in [6.07, 6.45) is 0.523. The van der Waals surface area contributed by atoms with Crippen LogP contribution in [0.15, 0.2) is 72.8 Å². The van der Waals surface area contributed by atoms with E-state index in [9.17, 15) is 4.79 Å². The molecular weight excluding hydrogens is 282 g/mol. The Morgan fingerprint density at radius 3 is 2.26 bits per heavy atom. The first-order valence-electron chi connectivity index (χ1n) is 8.07. The predicted molar refractivity (Wildman–Crippen MR) is 93.7 cm³/mol. The molecule has 2 atom stereocenters. The van der Waals surface area contributed by atoms with E-state index < -0.39 is 0 Å². The second-order valence-corrected chi connectivity index (χ2v) is 6.70. The minimum Gasteiger partial charge on any atom is -0.330 e. The number of carbonyl (C=O) groups excluding carboxylic acids is 1. The number of carbonyl (C=O) groups is 1. The van der Waals surface area contributed by atoms with Crippen LogP contribution in [0.25, 0.3) is 0 Å². The second kappa shape index (κ2) is 6.04. The minimum absolute atomic E-state index is 0.0360. The van der Waals surface area contributed by atoms with Gasteiger partial charge in [0.05, 0.1) is 6.04 Å². The van der Waals surface area contributed by atoms with Crippen molar-refractivity contribution in [2.75, 3.05) is 0 Å². The monoisotopic (exact) mass is 305 g/mol. The maximum absolute atomic E-state index is 12.8. The van der Waals surface area contributed by atoms with Crippen LogP contribution in [0.4, 0.5) is 0 Å². The summed E-state index contributed by atoms with van der Waals surface area (Å²) in [5, 5.41) is 0. The summed E-state index contributed by atoms with van der Waals surface area (Å²) >= 11 is 0. The quantitative estimate of drug-likeness (QED) is 0.747. The van der Waals surface area contributed by atoms with Crippen LogP contribution in [-0.4, -0.2) is 10.8 Å². The van der Waals surface area contributed by atoms with Crippen LogP contribution >= 0.6 is 0 Å². The Hall–Kier alpha value is -2.35. The van der Waals surface area contributed by atoms with Gasteiger partial charge in [-0.2, -0.15) is 0 Å². The average molecular weight is 305 g/mol. The Balaban J connectivity index is 2.02. The van der Waals surface area contributed by atoms with Gasteiger partial charge in [-0.15, -0.1) is 0 Å². The Kier molecular flexibility index (Phi) is 4.08. The van der Waals surface area contributed by atoms with Gasteiger partial charge in [-0.1, -0.05) is 79.7 Å². The van der Waals surface area contributed by atoms with Crippen molar-refractivity contribution in [2.24, 2.45) is 5.41 Å². The van der Waals surface area contributed by atoms with E-state index in [2.05, 4.69) is 37.8 Å². The number of rotatable bonds is 4. The number of benzene rings is 2. The SMILES string of the molecule is C=C(C)C1(C)CC(=O)N(Cc2ccccc2)C1c1ccccc1. The van der Waals surface area contributed by atoms with Crippen LogP contribution in [0.3, 0.4) is 0 Å². The minimum atomic E-state index is -0.229. The van der Waals surface area contributed by atoms with Crippen LogP contribution in [0.5, 0.6) is 0 Å². The van der Waals surface area contributed by atoms with E-state index in [1.54, 1.807) is 0 Å². The Morgan fingerprint density at radius 1 is 1.13 bits per heavy atom. The molecule has 0 saturated carbocycles. The molecule has 0 aromatic heterocycles. The summed E-state index contributed by atoms with van der Waals surface area (Å²) in [7, 11) is 0. The van der Waals surface area contributed by atoms with Gasteiger partial charge in [-0.25, -0.2) is 0 Å². The van der Waals surface area contributed by atoms with Gasteiger partial charge in [0.1, 0.15) is 0 Å². The molecule has 0 spiro atoms. The molecule has 2 heteroatoms. The molecule has 1 amide bonds. The summed E-state index contributed by atoms with van der Waals surface area (Å²) in [5.74, 6) is 0.202. The third-order valence-electron chi connectivity index (χ3n) is 5.04. The van der Waals surface area contributed by atoms with Gasteiger partial charge < -0.3 is 4.90 Å². The molecule has 1 heterocycles. The maximum Gasteiger partial charge on any atom is 0.224 e. The largest absolute Gasteiger partial charge is 0.330 e. The predicted octanol–water partition coefficient (Wildman–Crippen LogP) is 4.74. The average Bonchev–Trinajstić information content (AvgIpc) is 2.81. The van der Waals surface area contributed by atoms with Gasteiger partial charge in [-0.05, 0) is 18.1 Å². The van der Waals surface area contributed by atoms with E-state index in [0.29, 0.717) is 13.0 Å². The fraction of sp³-hybridized carbons (Fsp3) is 0.286. The Morgan fingerprint density at radius 2 is 1.70 bits per heavy atom. The lowest BCUT2D eigenvalue weighted by atomic mass is 9.74. The number of nitrogens with zero attached hydrogens (tertiary/aromatic N) is 1. The Labute approximate surface area is 138 Å². The topological polar surface area (TPSA) is 20.3 Å². The fourth-order valence-corrected chi connectivity index (χ4v) is 3.53. The molecule has 1 aliphatic heterocycles. The summed E-state index contributed by atoms with van der Waals surface area (Å²) in [6, 6.07) is 20.5. The molecule has 23 heavy (non-hydrogen) atoms. The molecule has 0 bridgehead atoms. The van der Waals surface area contributed by atoms with Crippen molar-refractivity contribution >= 4 is 5.91 Å². The first-order chi connectivity index (χ1) is 11.0. The van der Waals surface area contributed by atoms with Crippen molar-refractivity contribution in [3.63, 3.8) is 0 Å². The van der Waals surface area contributed by atoms with Gasteiger partial charge >= 0.3 is 0 Å². The lowest BCUT2D eigenvalue weighted by Crippen LogP contribution is -2.32. The third kappa shape index (κ3) is 2.81. The maximum atomic E-state index is 12.8. The van der Waals surface area contributed by atoms with E-state index in [4.69, 9.17) is 0 Å². The van der Waals surface area contributed by atoms with Crippen molar-refractivity contribution < 1.29 is 4.79 Å². The summed E-state index contributed by atoms with van der Waals surface area (Å²) < 4.78 is 0. The molecule has 1 aliphatic rings. The first kappa shape index (κ1) is 15.5. The molecule has 1 saturated heterocycles. The zero-order chi connectivity index (χ0) is 16.4. The van der Waals surface area contributed by atoms with Crippen LogP contribution in [0.2, 0.25) is 0 Å². The van der Waals surface area contributed by atoms with Gasteiger partial charge in [0, 0.05) is 18.4 Å². The highest BCUT2D eigenvalue weighted by Gasteiger charge is 2.49. The first-order valence-corrected chi connectivity index (χ1v) is 8.07. The van der Waals surface area contributed by atoms with Crippen molar-refractivity contribution in [1.29, 1.82) is 0 Å². The van der Waals surface area contributed by atoms with Crippen molar-refractivity contribution in [2.45, 2.75) is 32.9 Å². The highest BCUT2D eigenvalue weighted by atomic mass is 16.2. The number of amides is 1. The Bertz CT molecular complexity index is 707. The van der Waals surface area contributed by atoms with Crippen molar-refractivity contribution in [1.82, 2.24) is 4.90 Å². The van der Waals surface area contributed by atoms with E-state index in [1.807, 2.05) is 48.2 Å². The summed E-state index contributed by atoms with van der Waals surface area (Å²) in [5.41, 5.74) is 3.18. The molecular formula is C21H23NO. The molecule has 2 aromatic carbocycles. The summed E-state index contributed by atoms with van der Waals surface area (Å²) in [4.78, 5) is 14.8. The zero-order valence-corrected chi connectivity index (χ0v) is 13.8.